The second kappa shape index (κ2) is 7.98. The van der Waals surface area contributed by atoms with Gasteiger partial charge in [0.25, 0.3) is 0 Å². The number of likely N-dealkylation sites (tertiary alicyclic amines) is 1. The van der Waals surface area contributed by atoms with Gasteiger partial charge in [0.2, 0.25) is 5.91 Å². The highest BCUT2D eigenvalue weighted by molar-refractivity contribution is 7.99. The number of carbonyl (C=O) groups is 2. The summed E-state index contributed by atoms with van der Waals surface area (Å²) in [5.74, 6) is 0.605. The van der Waals surface area contributed by atoms with Crippen molar-refractivity contribution < 1.29 is 14.7 Å². The van der Waals surface area contributed by atoms with Crippen LogP contribution in [0.4, 0.5) is 0 Å². The molecule has 24 heavy (non-hydrogen) atoms. The number of thioether (sulfide) groups is 1. The molecule has 5 nitrogen and oxygen atoms in total. The first-order chi connectivity index (χ1) is 11.6. The molecule has 7 heteroatoms. The second-order valence-corrected chi connectivity index (χ2v) is 8.04. The summed E-state index contributed by atoms with van der Waals surface area (Å²) in [6.07, 6.45) is 2.01. The largest absolute Gasteiger partial charge is 0.481 e. The topological polar surface area (TPSA) is 70.5 Å². The van der Waals surface area contributed by atoms with Crippen molar-refractivity contribution in [3.8, 4) is 0 Å². The first kappa shape index (κ1) is 17.2. The van der Waals surface area contributed by atoms with Gasteiger partial charge in [0, 0.05) is 24.8 Å². The highest BCUT2D eigenvalue weighted by Crippen LogP contribution is 2.33. The lowest BCUT2D eigenvalue weighted by molar-refractivity contribution is -0.136. The lowest BCUT2D eigenvalue weighted by atomic mass is 9.97. The predicted molar refractivity (Wildman–Crippen MR) is 97.8 cm³/mol. The number of rotatable bonds is 6. The SMILES string of the molecule is O=C(O)CCSCC(=O)N1CCC(c2nc3ccccc3s2)CC1. The van der Waals surface area contributed by atoms with Crippen molar-refractivity contribution in [3.63, 3.8) is 0 Å². The van der Waals surface area contributed by atoms with Gasteiger partial charge in [-0.05, 0) is 25.0 Å². The Morgan fingerprint density at radius 1 is 1.29 bits per heavy atom. The third kappa shape index (κ3) is 4.27. The number of carbonyl (C=O) groups excluding carboxylic acids is 1. The van der Waals surface area contributed by atoms with Crippen LogP contribution in [-0.4, -0.2) is 51.5 Å². The van der Waals surface area contributed by atoms with Crippen LogP contribution in [-0.2, 0) is 9.59 Å². The van der Waals surface area contributed by atoms with E-state index in [4.69, 9.17) is 10.1 Å². The standard InChI is InChI=1S/C17H20N2O3S2/c20-15(11-23-10-7-16(21)22)19-8-5-12(6-9-19)17-18-13-3-1-2-4-14(13)24-17/h1-4,12H,5-11H2,(H,21,22). The van der Waals surface area contributed by atoms with Gasteiger partial charge in [0.1, 0.15) is 0 Å². The van der Waals surface area contributed by atoms with Crippen LogP contribution in [0.25, 0.3) is 10.2 Å². The molecule has 1 aliphatic heterocycles. The minimum absolute atomic E-state index is 0.109. The number of amides is 1. The Bertz CT molecular complexity index is 690. The number of carboxylic acids is 1. The summed E-state index contributed by atoms with van der Waals surface area (Å²) in [7, 11) is 0. The van der Waals surface area contributed by atoms with Gasteiger partial charge in [0.15, 0.2) is 0 Å². The maximum Gasteiger partial charge on any atom is 0.304 e. The number of carboxylic acid groups (broad SMARTS) is 1. The van der Waals surface area contributed by atoms with E-state index in [2.05, 4.69) is 6.07 Å². The van der Waals surface area contributed by atoms with Crippen LogP contribution in [0, 0.1) is 0 Å². The number of aliphatic carboxylic acids is 1. The number of aromatic nitrogens is 1. The number of benzene rings is 1. The smallest absolute Gasteiger partial charge is 0.304 e. The fourth-order valence-electron chi connectivity index (χ4n) is 2.85. The molecule has 2 heterocycles. The summed E-state index contributed by atoms with van der Waals surface area (Å²) in [6, 6.07) is 8.19. The van der Waals surface area contributed by atoms with Crippen LogP contribution in [0.15, 0.2) is 24.3 Å². The van der Waals surface area contributed by atoms with Crippen molar-refractivity contribution in [3.05, 3.63) is 29.3 Å². The molecule has 1 aliphatic rings. The van der Waals surface area contributed by atoms with Crippen molar-refractivity contribution in [2.24, 2.45) is 0 Å². The van der Waals surface area contributed by atoms with Crippen molar-refractivity contribution in [1.29, 1.82) is 0 Å². The second-order valence-electron chi connectivity index (χ2n) is 5.87. The van der Waals surface area contributed by atoms with Crippen molar-refractivity contribution in [2.75, 3.05) is 24.6 Å². The molecule has 3 rings (SSSR count). The van der Waals surface area contributed by atoms with E-state index in [9.17, 15) is 9.59 Å². The summed E-state index contributed by atoms with van der Waals surface area (Å²) >= 11 is 3.16. The van der Waals surface area contributed by atoms with E-state index in [1.807, 2.05) is 23.1 Å². The molecular formula is C17H20N2O3S2. The van der Waals surface area contributed by atoms with E-state index in [1.54, 1.807) is 11.3 Å². The predicted octanol–water partition coefficient (Wildman–Crippen LogP) is 3.21. The average Bonchev–Trinajstić information content (AvgIpc) is 3.02. The quantitative estimate of drug-likeness (QED) is 0.797. The van der Waals surface area contributed by atoms with Gasteiger partial charge < -0.3 is 10.0 Å². The minimum atomic E-state index is -0.813. The first-order valence-electron chi connectivity index (χ1n) is 8.06. The summed E-state index contributed by atoms with van der Waals surface area (Å²) < 4.78 is 1.22. The van der Waals surface area contributed by atoms with Gasteiger partial charge in [-0.25, -0.2) is 4.98 Å². The molecule has 0 atom stereocenters. The van der Waals surface area contributed by atoms with Crippen LogP contribution in [0.3, 0.4) is 0 Å². The summed E-state index contributed by atoms with van der Waals surface area (Å²) in [6.45, 7) is 1.53. The van der Waals surface area contributed by atoms with Gasteiger partial charge in [-0.1, -0.05) is 12.1 Å². The van der Waals surface area contributed by atoms with Crippen molar-refractivity contribution in [1.82, 2.24) is 9.88 Å². The van der Waals surface area contributed by atoms with Crippen molar-refractivity contribution >= 4 is 45.2 Å². The van der Waals surface area contributed by atoms with Gasteiger partial charge in [-0.2, -0.15) is 11.8 Å². The maximum atomic E-state index is 12.2. The Morgan fingerprint density at radius 2 is 2.04 bits per heavy atom. The zero-order chi connectivity index (χ0) is 16.9. The normalized spacial score (nSPS) is 15.8. The Morgan fingerprint density at radius 3 is 2.75 bits per heavy atom. The Hall–Kier alpha value is -1.60. The molecule has 0 radical (unpaired) electrons. The Kier molecular flexibility index (Phi) is 5.73. The van der Waals surface area contributed by atoms with Gasteiger partial charge >= 0.3 is 5.97 Å². The van der Waals surface area contributed by atoms with E-state index >= 15 is 0 Å². The van der Waals surface area contributed by atoms with E-state index in [1.165, 1.54) is 21.5 Å². The minimum Gasteiger partial charge on any atom is -0.481 e. The van der Waals surface area contributed by atoms with Gasteiger partial charge in [-0.3, -0.25) is 9.59 Å². The fraction of sp³-hybridized carbons (Fsp3) is 0.471. The van der Waals surface area contributed by atoms with Crippen molar-refractivity contribution in [2.45, 2.75) is 25.2 Å². The maximum absolute atomic E-state index is 12.2. The molecule has 1 N–H and O–H groups in total. The molecule has 0 aliphatic carbocycles. The van der Waals surface area contributed by atoms with Crippen LogP contribution in [0.5, 0.6) is 0 Å². The summed E-state index contributed by atoms with van der Waals surface area (Å²) in [4.78, 5) is 29.3. The molecular weight excluding hydrogens is 344 g/mol. The molecule has 1 aromatic heterocycles. The zero-order valence-electron chi connectivity index (χ0n) is 13.3. The highest BCUT2D eigenvalue weighted by Gasteiger charge is 2.25. The number of hydrogen-bond donors (Lipinski definition) is 1. The van der Waals surface area contributed by atoms with E-state index in [0.29, 0.717) is 17.4 Å². The summed E-state index contributed by atoms with van der Waals surface area (Å²) in [5.41, 5.74) is 1.06. The molecule has 128 valence electrons. The monoisotopic (exact) mass is 364 g/mol. The van der Waals surface area contributed by atoms with Gasteiger partial charge in [0.05, 0.1) is 27.4 Å². The average molecular weight is 364 g/mol. The third-order valence-corrected chi connectivity index (χ3v) is 6.34. The summed E-state index contributed by atoms with van der Waals surface area (Å²) in [5, 5.41) is 9.78. The van der Waals surface area contributed by atoms with E-state index < -0.39 is 5.97 Å². The number of para-hydroxylation sites is 1. The lowest BCUT2D eigenvalue weighted by Gasteiger charge is -2.31. The van der Waals surface area contributed by atoms with E-state index in [0.717, 1.165) is 31.4 Å². The zero-order valence-corrected chi connectivity index (χ0v) is 14.9. The lowest BCUT2D eigenvalue weighted by Crippen LogP contribution is -2.39. The molecule has 1 fully saturated rings. The molecule has 0 spiro atoms. The van der Waals surface area contributed by atoms with Crippen LogP contribution < -0.4 is 0 Å². The fourth-order valence-corrected chi connectivity index (χ4v) is 4.81. The highest BCUT2D eigenvalue weighted by atomic mass is 32.2. The van der Waals surface area contributed by atoms with E-state index in [-0.39, 0.29) is 12.3 Å². The molecule has 1 saturated heterocycles. The molecule has 0 bridgehead atoms. The van der Waals surface area contributed by atoms with Gasteiger partial charge in [-0.15, -0.1) is 11.3 Å². The van der Waals surface area contributed by atoms with Crippen LogP contribution >= 0.6 is 23.1 Å². The number of piperidine rings is 1. The Labute approximate surface area is 149 Å². The molecule has 1 aromatic carbocycles. The first-order valence-corrected chi connectivity index (χ1v) is 10.0. The molecule has 0 saturated carbocycles. The molecule has 0 unspecified atom stereocenters. The third-order valence-electron chi connectivity index (χ3n) is 4.19. The Balaban J connectivity index is 1.48. The number of thiazole rings is 1. The van der Waals surface area contributed by atoms with Crippen LogP contribution in [0.1, 0.15) is 30.2 Å². The molecule has 2 aromatic rings. The molecule has 1 amide bonds. The van der Waals surface area contributed by atoms with Crippen LogP contribution in [0.2, 0.25) is 0 Å². The number of hydrogen-bond acceptors (Lipinski definition) is 5. The number of nitrogens with zero attached hydrogens (tertiary/aromatic N) is 2. The number of fused-ring (bicyclic) bond motifs is 1.